The average molecular weight is 262 g/mol. The normalized spacial score (nSPS) is 13.4. The van der Waals surface area contributed by atoms with Gasteiger partial charge in [-0.3, -0.25) is 4.79 Å². The fraction of sp³-hybridized carbons (Fsp3) is 0.556. The van der Waals surface area contributed by atoms with Crippen molar-refractivity contribution < 1.29 is 13.2 Å². The molecule has 90 valence electrons. The first-order valence-corrected chi connectivity index (χ1v) is 7.51. The zero-order chi connectivity index (χ0) is 12.3. The topological polar surface area (TPSA) is 76.1 Å². The molecule has 1 rings (SSSR count). The molecule has 0 aliphatic carbocycles. The minimum absolute atomic E-state index is 0.275. The number of amides is 1. The first kappa shape index (κ1) is 13.1. The van der Waals surface area contributed by atoms with Crippen LogP contribution in [0.15, 0.2) is 5.38 Å². The van der Waals surface area contributed by atoms with Crippen LogP contribution in [0, 0.1) is 6.92 Å². The Kier molecular flexibility index (Phi) is 4.03. The number of aryl methyl sites for hydroxylation is 1. The number of rotatable bonds is 4. The number of carbonyl (C=O) groups is 1. The summed E-state index contributed by atoms with van der Waals surface area (Å²) in [4.78, 5) is 15.6. The minimum atomic E-state index is -3.33. The second kappa shape index (κ2) is 4.92. The molecule has 7 heteroatoms. The Morgan fingerprint density at radius 2 is 2.25 bits per heavy atom. The lowest BCUT2D eigenvalue weighted by atomic mass is 10.4. The third-order valence-corrected chi connectivity index (χ3v) is 4.56. The highest BCUT2D eigenvalue weighted by molar-refractivity contribution is 7.92. The molecule has 16 heavy (non-hydrogen) atoms. The number of carbonyl (C=O) groups excluding carboxylic acids is 1. The van der Waals surface area contributed by atoms with Gasteiger partial charge in [0, 0.05) is 17.3 Å². The second-order valence-electron chi connectivity index (χ2n) is 3.57. The van der Waals surface area contributed by atoms with Crippen molar-refractivity contribution in [2.45, 2.75) is 25.6 Å². The molecule has 1 amide bonds. The number of thiazole rings is 1. The molecule has 0 aliphatic heterocycles. The highest BCUT2D eigenvalue weighted by Crippen LogP contribution is 2.08. The molecule has 0 saturated heterocycles. The van der Waals surface area contributed by atoms with Crippen LogP contribution in [0.4, 0.5) is 0 Å². The number of nitrogens with zero attached hydrogens (tertiary/aromatic N) is 1. The number of aromatic nitrogens is 1. The van der Waals surface area contributed by atoms with E-state index in [-0.39, 0.29) is 6.54 Å². The largest absolute Gasteiger partial charge is 0.348 e. The van der Waals surface area contributed by atoms with Crippen LogP contribution < -0.4 is 5.32 Å². The van der Waals surface area contributed by atoms with Gasteiger partial charge in [-0.1, -0.05) is 0 Å². The summed E-state index contributed by atoms with van der Waals surface area (Å²) in [6.45, 7) is 3.51. The highest BCUT2D eigenvalue weighted by Gasteiger charge is 2.23. The molecule has 0 aromatic carbocycles. The Morgan fingerprint density at radius 1 is 1.62 bits per heavy atom. The summed E-state index contributed by atoms with van der Waals surface area (Å²) < 4.78 is 22.2. The molecule has 1 heterocycles. The van der Waals surface area contributed by atoms with E-state index < -0.39 is 21.0 Å². The van der Waals surface area contributed by atoms with Gasteiger partial charge in [-0.05, 0) is 13.8 Å². The first-order valence-electron chi connectivity index (χ1n) is 4.68. The maximum Gasteiger partial charge on any atom is 0.238 e. The molecule has 0 fully saturated rings. The van der Waals surface area contributed by atoms with Gasteiger partial charge in [-0.15, -0.1) is 11.3 Å². The molecule has 0 saturated carbocycles. The third-order valence-electron chi connectivity index (χ3n) is 2.09. The van der Waals surface area contributed by atoms with Crippen LogP contribution in [0.5, 0.6) is 0 Å². The fourth-order valence-electron chi connectivity index (χ4n) is 0.985. The van der Waals surface area contributed by atoms with Gasteiger partial charge >= 0.3 is 0 Å². The summed E-state index contributed by atoms with van der Waals surface area (Å²) in [5.41, 5.74) is 0.894. The lowest BCUT2D eigenvalue weighted by Crippen LogP contribution is -2.36. The van der Waals surface area contributed by atoms with Crippen LogP contribution in [-0.2, 0) is 21.2 Å². The van der Waals surface area contributed by atoms with Gasteiger partial charge in [-0.2, -0.15) is 0 Å². The molecule has 1 aromatic heterocycles. The first-order chi connectivity index (χ1) is 7.30. The van der Waals surface area contributed by atoms with Crippen molar-refractivity contribution in [1.29, 1.82) is 0 Å². The summed E-state index contributed by atoms with van der Waals surface area (Å²) in [6.07, 6.45) is 1.05. The maximum atomic E-state index is 11.5. The summed E-state index contributed by atoms with van der Waals surface area (Å²) >= 11 is 1.44. The SMILES string of the molecule is Cc1csc(CNC(=O)C(C)S(C)(=O)=O)n1. The van der Waals surface area contributed by atoms with E-state index in [0.717, 1.165) is 17.0 Å². The number of nitrogens with one attached hydrogen (secondary N) is 1. The van der Waals surface area contributed by atoms with Gasteiger partial charge in [-0.25, -0.2) is 13.4 Å². The Morgan fingerprint density at radius 3 is 2.69 bits per heavy atom. The monoisotopic (exact) mass is 262 g/mol. The molecule has 0 bridgehead atoms. The predicted molar refractivity (Wildman–Crippen MR) is 63.0 cm³/mol. The Labute approximate surface area is 98.8 Å². The molecule has 5 nitrogen and oxygen atoms in total. The van der Waals surface area contributed by atoms with Gasteiger partial charge < -0.3 is 5.32 Å². The van der Waals surface area contributed by atoms with Crippen LogP contribution in [0.3, 0.4) is 0 Å². The van der Waals surface area contributed by atoms with Gasteiger partial charge in [0.05, 0.1) is 6.54 Å². The third kappa shape index (κ3) is 3.57. The van der Waals surface area contributed by atoms with E-state index in [9.17, 15) is 13.2 Å². The van der Waals surface area contributed by atoms with Gasteiger partial charge in [0.25, 0.3) is 0 Å². The summed E-state index contributed by atoms with van der Waals surface area (Å²) in [6, 6.07) is 0. The van der Waals surface area contributed by atoms with E-state index in [1.54, 1.807) is 0 Å². The van der Waals surface area contributed by atoms with Crippen molar-refractivity contribution in [1.82, 2.24) is 10.3 Å². The van der Waals surface area contributed by atoms with Crippen molar-refractivity contribution in [3.05, 3.63) is 16.1 Å². The Balaban J connectivity index is 2.54. The number of hydrogen-bond donors (Lipinski definition) is 1. The van der Waals surface area contributed by atoms with Gasteiger partial charge in [0.2, 0.25) is 5.91 Å². The molecule has 1 aromatic rings. The average Bonchev–Trinajstić information content (AvgIpc) is 2.58. The van der Waals surface area contributed by atoms with Crippen molar-refractivity contribution in [2.75, 3.05) is 6.26 Å². The Hall–Kier alpha value is -0.950. The van der Waals surface area contributed by atoms with Crippen molar-refractivity contribution in [3.8, 4) is 0 Å². The molecule has 0 spiro atoms. The maximum absolute atomic E-state index is 11.5. The molecule has 1 unspecified atom stereocenters. The van der Waals surface area contributed by atoms with E-state index in [1.165, 1.54) is 18.3 Å². The molecule has 1 N–H and O–H groups in total. The van der Waals surface area contributed by atoms with E-state index in [1.807, 2.05) is 12.3 Å². The lowest BCUT2D eigenvalue weighted by molar-refractivity contribution is -0.120. The predicted octanol–water partition coefficient (Wildman–Crippen LogP) is 0.501. The van der Waals surface area contributed by atoms with Crippen molar-refractivity contribution >= 4 is 27.1 Å². The quantitative estimate of drug-likeness (QED) is 0.857. The van der Waals surface area contributed by atoms with Crippen molar-refractivity contribution in [2.24, 2.45) is 0 Å². The minimum Gasteiger partial charge on any atom is -0.348 e. The van der Waals surface area contributed by atoms with Crippen LogP contribution in [0.2, 0.25) is 0 Å². The summed E-state index contributed by atoms with van der Waals surface area (Å²) in [5, 5.41) is 4.17. The van der Waals surface area contributed by atoms with Gasteiger partial charge in [0.1, 0.15) is 10.3 Å². The summed E-state index contributed by atoms with van der Waals surface area (Å²) in [7, 11) is -3.33. The Bertz CT molecular complexity index is 479. The molecule has 1 atom stereocenters. The summed E-state index contributed by atoms with van der Waals surface area (Å²) in [5.74, 6) is -0.490. The highest BCUT2D eigenvalue weighted by atomic mass is 32.2. The van der Waals surface area contributed by atoms with E-state index >= 15 is 0 Å². The van der Waals surface area contributed by atoms with Crippen LogP contribution >= 0.6 is 11.3 Å². The zero-order valence-corrected chi connectivity index (χ0v) is 11.0. The van der Waals surface area contributed by atoms with Crippen molar-refractivity contribution in [3.63, 3.8) is 0 Å². The van der Waals surface area contributed by atoms with Crippen LogP contribution in [0.25, 0.3) is 0 Å². The van der Waals surface area contributed by atoms with E-state index in [4.69, 9.17) is 0 Å². The zero-order valence-electron chi connectivity index (χ0n) is 9.35. The van der Waals surface area contributed by atoms with Crippen LogP contribution in [-0.4, -0.2) is 30.8 Å². The van der Waals surface area contributed by atoms with E-state index in [2.05, 4.69) is 10.3 Å². The number of hydrogen-bond acceptors (Lipinski definition) is 5. The standard InChI is InChI=1S/C9H14N2O3S2/c1-6-5-15-8(11-6)4-10-9(12)7(2)16(3,13)14/h5,7H,4H2,1-3H3,(H,10,12). The van der Waals surface area contributed by atoms with Gasteiger partial charge in [0.15, 0.2) is 9.84 Å². The second-order valence-corrected chi connectivity index (χ2v) is 6.88. The fourth-order valence-corrected chi connectivity index (χ4v) is 2.17. The molecule has 0 aliphatic rings. The van der Waals surface area contributed by atoms with E-state index in [0.29, 0.717) is 0 Å². The molecular formula is C9H14N2O3S2. The smallest absolute Gasteiger partial charge is 0.238 e. The molecular weight excluding hydrogens is 248 g/mol. The van der Waals surface area contributed by atoms with Crippen LogP contribution in [0.1, 0.15) is 17.6 Å². The number of sulfone groups is 1. The molecule has 0 radical (unpaired) electrons. The lowest BCUT2D eigenvalue weighted by Gasteiger charge is -2.08.